The van der Waals surface area contributed by atoms with Crippen LogP contribution in [0.15, 0.2) is 23.7 Å². The van der Waals surface area contributed by atoms with Crippen molar-refractivity contribution in [3.05, 3.63) is 18.6 Å². The summed E-state index contributed by atoms with van der Waals surface area (Å²) in [6, 6.07) is 0. The normalized spacial score (nSPS) is 11.8. The van der Waals surface area contributed by atoms with E-state index in [1.165, 1.54) is 12.4 Å². The standard InChI is InChI=1S/C27H46N6O12S/c1-46(35,36)27-29-20-24(21-30-27)25-22-33(32-31-25)2-3-37-4-5-38-6-7-39-8-9-40-10-11-41-12-13-42-14-15-43-16-17-44-18-19-45-23-26(28)34/h20-22H,2-19,23H2,1H3,(H2,28,34). The Labute approximate surface area is 269 Å². The van der Waals surface area contributed by atoms with Crippen molar-refractivity contribution in [3.8, 4) is 11.3 Å². The molecule has 0 unspecified atom stereocenters. The molecule has 18 nitrogen and oxygen atoms in total. The van der Waals surface area contributed by atoms with Crippen LogP contribution in [0.25, 0.3) is 11.3 Å². The van der Waals surface area contributed by atoms with Crippen molar-refractivity contribution in [2.45, 2.75) is 11.7 Å². The second kappa shape index (κ2) is 25.4. The molecule has 1 amide bonds. The highest BCUT2D eigenvalue weighted by Crippen LogP contribution is 2.14. The van der Waals surface area contributed by atoms with Crippen molar-refractivity contribution in [2.24, 2.45) is 5.73 Å². The van der Waals surface area contributed by atoms with Gasteiger partial charge in [0.15, 0.2) is 0 Å². The molecule has 0 fully saturated rings. The predicted molar refractivity (Wildman–Crippen MR) is 161 cm³/mol. The molecule has 0 saturated carbocycles. The van der Waals surface area contributed by atoms with Crippen LogP contribution in [-0.4, -0.2) is 164 Å². The van der Waals surface area contributed by atoms with Crippen LogP contribution in [0, 0.1) is 0 Å². The summed E-state index contributed by atoms with van der Waals surface area (Å²) in [5, 5.41) is 7.84. The molecule has 46 heavy (non-hydrogen) atoms. The lowest BCUT2D eigenvalue weighted by Gasteiger charge is -2.08. The van der Waals surface area contributed by atoms with E-state index in [0.29, 0.717) is 130 Å². The second-order valence-electron chi connectivity index (χ2n) is 9.31. The average Bonchev–Trinajstić information content (AvgIpc) is 3.51. The number of hydrogen-bond acceptors (Lipinski definition) is 16. The zero-order valence-electron chi connectivity index (χ0n) is 26.3. The van der Waals surface area contributed by atoms with Crippen LogP contribution >= 0.6 is 0 Å². The molecule has 2 rings (SSSR count). The molecule has 0 saturated heterocycles. The Balaban J connectivity index is 1.26. The first-order valence-corrected chi connectivity index (χ1v) is 16.7. The Hall–Kier alpha value is -2.72. The molecular formula is C27H46N6O12S. The summed E-state index contributed by atoms with van der Waals surface area (Å²) in [6.45, 7) is 7.89. The number of amides is 1. The third-order valence-electron chi connectivity index (χ3n) is 5.48. The van der Waals surface area contributed by atoms with Gasteiger partial charge in [0.25, 0.3) is 0 Å². The third-order valence-corrected chi connectivity index (χ3v) is 6.35. The van der Waals surface area contributed by atoms with Crippen LogP contribution in [0.2, 0.25) is 0 Å². The lowest BCUT2D eigenvalue weighted by Crippen LogP contribution is -2.20. The number of ether oxygens (including phenoxy) is 9. The maximum absolute atomic E-state index is 11.5. The number of primary amides is 1. The molecule has 2 aromatic heterocycles. The van der Waals surface area contributed by atoms with Crippen molar-refractivity contribution in [1.29, 1.82) is 0 Å². The SMILES string of the molecule is CS(=O)(=O)c1ncc(-c2cn(CCOCCOCCOCCOCCOCCOCCOCCOCCOCC(N)=O)nn2)cn1. The zero-order valence-corrected chi connectivity index (χ0v) is 27.1. The summed E-state index contributed by atoms with van der Waals surface area (Å²) in [6.07, 6.45) is 5.56. The van der Waals surface area contributed by atoms with E-state index in [2.05, 4.69) is 20.3 Å². The van der Waals surface area contributed by atoms with Crippen molar-refractivity contribution in [1.82, 2.24) is 25.0 Å². The fourth-order valence-electron chi connectivity index (χ4n) is 3.27. The molecule has 2 aromatic rings. The van der Waals surface area contributed by atoms with Crippen LogP contribution in [0.5, 0.6) is 0 Å². The summed E-state index contributed by atoms with van der Waals surface area (Å²) in [5.41, 5.74) is 6.05. The molecule has 0 aromatic carbocycles. The van der Waals surface area contributed by atoms with Gasteiger partial charge in [-0.1, -0.05) is 5.21 Å². The van der Waals surface area contributed by atoms with Gasteiger partial charge in [-0.25, -0.2) is 23.1 Å². The van der Waals surface area contributed by atoms with E-state index in [9.17, 15) is 13.2 Å². The van der Waals surface area contributed by atoms with Gasteiger partial charge in [-0.15, -0.1) is 5.10 Å². The predicted octanol–water partition coefficient (Wildman–Crippen LogP) is -1.23. The molecule has 0 bridgehead atoms. The maximum Gasteiger partial charge on any atom is 0.246 e. The third kappa shape index (κ3) is 20.4. The number of nitrogens with two attached hydrogens (primary N) is 1. The first-order valence-electron chi connectivity index (χ1n) is 14.8. The van der Waals surface area contributed by atoms with Gasteiger partial charge < -0.3 is 48.4 Å². The number of nitrogens with zero attached hydrogens (tertiary/aromatic N) is 5. The highest BCUT2D eigenvalue weighted by Gasteiger charge is 2.12. The van der Waals surface area contributed by atoms with Gasteiger partial charge in [0.1, 0.15) is 12.3 Å². The van der Waals surface area contributed by atoms with Gasteiger partial charge in [-0.05, 0) is 0 Å². The van der Waals surface area contributed by atoms with E-state index in [0.717, 1.165) is 6.26 Å². The monoisotopic (exact) mass is 678 g/mol. The van der Waals surface area contributed by atoms with Gasteiger partial charge in [0.2, 0.25) is 20.9 Å². The van der Waals surface area contributed by atoms with E-state index in [4.69, 9.17) is 48.4 Å². The Morgan fingerprint density at radius 2 is 1.02 bits per heavy atom. The number of aromatic nitrogens is 5. The topological polar surface area (TPSA) is 217 Å². The number of rotatable bonds is 31. The molecule has 2 N–H and O–H groups in total. The first kappa shape index (κ1) is 39.5. The van der Waals surface area contributed by atoms with Gasteiger partial charge in [0, 0.05) is 24.2 Å². The molecule has 262 valence electrons. The van der Waals surface area contributed by atoms with Crippen LogP contribution in [0.3, 0.4) is 0 Å². The van der Waals surface area contributed by atoms with Crippen LogP contribution in [0.1, 0.15) is 0 Å². The molecule has 0 radical (unpaired) electrons. The van der Waals surface area contributed by atoms with E-state index >= 15 is 0 Å². The smallest absolute Gasteiger partial charge is 0.246 e. The Bertz CT molecular complexity index is 1160. The lowest BCUT2D eigenvalue weighted by molar-refractivity contribution is -0.123. The minimum absolute atomic E-state index is 0.104. The Morgan fingerprint density at radius 3 is 1.39 bits per heavy atom. The van der Waals surface area contributed by atoms with E-state index in [1.807, 2.05) is 0 Å². The van der Waals surface area contributed by atoms with E-state index < -0.39 is 15.7 Å². The summed E-state index contributed by atoms with van der Waals surface area (Å²) >= 11 is 0. The number of carbonyl (C=O) groups is 1. The molecule has 2 heterocycles. The quantitative estimate of drug-likeness (QED) is 0.0730. The fraction of sp³-hybridized carbons (Fsp3) is 0.741. The summed E-state index contributed by atoms with van der Waals surface area (Å²) in [5.74, 6) is -0.504. The second-order valence-corrected chi connectivity index (χ2v) is 11.2. The zero-order chi connectivity index (χ0) is 33.1. The minimum atomic E-state index is -3.46. The molecular weight excluding hydrogens is 632 g/mol. The molecule has 0 aliphatic heterocycles. The minimum Gasteiger partial charge on any atom is -0.377 e. The van der Waals surface area contributed by atoms with E-state index in [-0.39, 0.29) is 11.8 Å². The molecule has 0 atom stereocenters. The molecule has 0 spiro atoms. The maximum atomic E-state index is 11.5. The van der Waals surface area contributed by atoms with Crippen molar-refractivity contribution >= 4 is 15.7 Å². The Kier molecular flexibility index (Phi) is 21.8. The number of sulfone groups is 1. The molecule has 0 aliphatic carbocycles. The largest absolute Gasteiger partial charge is 0.377 e. The van der Waals surface area contributed by atoms with Gasteiger partial charge >= 0.3 is 0 Å². The van der Waals surface area contributed by atoms with Gasteiger partial charge in [0.05, 0.1) is 125 Å². The van der Waals surface area contributed by atoms with Gasteiger partial charge in [-0.3, -0.25) is 4.79 Å². The van der Waals surface area contributed by atoms with Gasteiger partial charge in [-0.2, -0.15) is 0 Å². The van der Waals surface area contributed by atoms with Crippen molar-refractivity contribution < 1.29 is 55.8 Å². The molecule has 0 aliphatic rings. The summed E-state index contributed by atoms with van der Waals surface area (Å²) in [4.78, 5) is 18.2. The van der Waals surface area contributed by atoms with Crippen molar-refractivity contribution in [3.63, 3.8) is 0 Å². The first-order chi connectivity index (χ1) is 22.4. The summed E-state index contributed by atoms with van der Waals surface area (Å²) < 4.78 is 73.0. The van der Waals surface area contributed by atoms with Crippen molar-refractivity contribution in [2.75, 3.05) is 125 Å². The molecule has 19 heteroatoms. The van der Waals surface area contributed by atoms with Crippen LogP contribution in [-0.2, 0) is 63.8 Å². The highest BCUT2D eigenvalue weighted by molar-refractivity contribution is 7.90. The lowest BCUT2D eigenvalue weighted by atomic mass is 10.3. The number of carbonyl (C=O) groups excluding carboxylic acids is 1. The highest BCUT2D eigenvalue weighted by atomic mass is 32.2. The number of hydrogen-bond donors (Lipinski definition) is 1. The summed E-state index contributed by atoms with van der Waals surface area (Å²) in [7, 11) is -3.46. The van der Waals surface area contributed by atoms with Crippen LogP contribution < -0.4 is 5.73 Å². The Morgan fingerprint density at radius 1 is 0.652 bits per heavy atom. The fourth-order valence-corrected chi connectivity index (χ4v) is 3.76. The van der Waals surface area contributed by atoms with Crippen LogP contribution in [0.4, 0.5) is 0 Å². The average molecular weight is 679 g/mol. The van der Waals surface area contributed by atoms with E-state index in [1.54, 1.807) is 10.9 Å².